The van der Waals surface area contributed by atoms with Crippen LogP contribution < -0.4 is 4.74 Å². The zero-order chi connectivity index (χ0) is 22.9. The highest BCUT2D eigenvalue weighted by molar-refractivity contribution is 5.79. The molecule has 1 aliphatic heterocycles. The molecule has 1 saturated heterocycles. The van der Waals surface area contributed by atoms with Gasteiger partial charge in [0, 0.05) is 31.7 Å². The van der Waals surface area contributed by atoms with Gasteiger partial charge >= 0.3 is 0 Å². The fourth-order valence-corrected chi connectivity index (χ4v) is 5.03. The Morgan fingerprint density at radius 3 is 2.52 bits per heavy atom. The third-order valence-corrected chi connectivity index (χ3v) is 6.86. The second-order valence-corrected chi connectivity index (χ2v) is 9.24. The molecule has 5 heteroatoms. The Hall–Kier alpha value is -3.18. The number of rotatable bonds is 5. The number of carbonyl (C=O) groups excluding carboxylic acids is 1. The van der Waals surface area contributed by atoms with Crippen LogP contribution in [0.3, 0.4) is 0 Å². The summed E-state index contributed by atoms with van der Waals surface area (Å²) in [5.74, 6) is 0.536. The fraction of sp³-hybridized carbons (Fsp3) is 0.321. The molecular weight excluding hydrogens is 415 g/mol. The maximum atomic E-state index is 13.2. The molecule has 2 aliphatic rings. The molecule has 1 amide bonds. The van der Waals surface area contributed by atoms with Gasteiger partial charge in [-0.1, -0.05) is 42.5 Å². The van der Waals surface area contributed by atoms with Crippen molar-refractivity contribution < 1.29 is 13.9 Å². The van der Waals surface area contributed by atoms with Crippen LogP contribution in [0.25, 0.3) is 11.1 Å². The van der Waals surface area contributed by atoms with E-state index in [0.29, 0.717) is 6.54 Å². The van der Waals surface area contributed by atoms with E-state index in [9.17, 15) is 9.18 Å². The molecule has 0 saturated carbocycles. The van der Waals surface area contributed by atoms with Crippen LogP contribution in [0.1, 0.15) is 30.5 Å². The zero-order valence-electron chi connectivity index (χ0n) is 19.1. The third kappa shape index (κ3) is 4.51. The summed E-state index contributed by atoms with van der Waals surface area (Å²) in [6.07, 6.45) is 0.904. The number of carbonyl (C=O) groups is 1. The van der Waals surface area contributed by atoms with E-state index in [1.807, 2.05) is 23.1 Å². The van der Waals surface area contributed by atoms with E-state index in [-0.39, 0.29) is 30.4 Å². The Labute approximate surface area is 194 Å². The molecule has 4 nitrogen and oxygen atoms in total. The molecule has 170 valence electrons. The minimum Gasteiger partial charge on any atom is -0.484 e. The van der Waals surface area contributed by atoms with Crippen molar-refractivity contribution in [3.05, 3.63) is 89.2 Å². The second-order valence-electron chi connectivity index (χ2n) is 9.24. The minimum atomic E-state index is -0.219. The van der Waals surface area contributed by atoms with Gasteiger partial charge in [0.25, 0.3) is 5.91 Å². The summed E-state index contributed by atoms with van der Waals surface area (Å²) in [5.41, 5.74) is 6.21. The maximum absolute atomic E-state index is 13.2. The summed E-state index contributed by atoms with van der Waals surface area (Å²) in [6.45, 7) is 6.44. The van der Waals surface area contributed by atoms with Crippen LogP contribution in [0.2, 0.25) is 0 Å². The second kappa shape index (κ2) is 8.99. The highest BCUT2D eigenvalue weighted by Crippen LogP contribution is 2.38. The summed E-state index contributed by atoms with van der Waals surface area (Å²) >= 11 is 0. The Morgan fingerprint density at radius 2 is 1.70 bits per heavy atom. The Kier molecular flexibility index (Phi) is 5.90. The van der Waals surface area contributed by atoms with Crippen molar-refractivity contribution in [3.8, 4) is 16.9 Å². The first-order valence-electron chi connectivity index (χ1n) is 11.6. The number of piperazine rings is 1. The Bertz CT molecular complexity index is 1160. The van der Waals surface area contributed by atoms with Gasteiger partial charge in [0.15, 0.2) is 6.61 Å². The van der Waals surface area contributed by atoms with Gasteiger partial charge in [-0.2, -0.15) is 0 Å². The SMILES string of the molecule is C[C@@H]1CN(Cc2ccc(F)cc2)[C@@H](C)CN1C(=O)COc1ccc2c(c1)Cc1ccccc1-2. The van der Waals surface area contributed by atoms with Crippen LogP contribution in [-0.2, 0) is 17.8 Å². The lowest BCUT2D eigenvalue weighted by Gasteiger charge is -2.44. The molecule has 0 radical (unpaired) electrons. The predicted octanol–water partition coefficient (Wildman–Crippen LogP) is 4.90. The molecule has 1 aliphatic carbocycles. The number of halogens is 1. The maximum Gasteiger partial charge on any atom is 0.260 e. The monoisotopic (exact) mass is 444 g/mol. The number of nitrogens with zero attached hydrogens (tertiary/aromatic N) is 2. The van der Waals surface area contributed by atoms with Crippen molar-refractivity contribution in [1.29, 1.82) is 0 Å². The van der Waals surface area contributed by atoms with Crippen LogP contribution in [0.4, 0.5) is 4.39 Å². The number of benzene rings is 3. The van der Waals surface area contributed by atoms with Crippen LogP contribution in [0.15, 0.2) is 66.7 Å². The van der Waals surface area contributed by atoms with Gasteiger partial charge in [-0.25, -0.2) is 4.39 Å². The normalized spacial score (nSPS) is 19.8. The van der Waals surface area contributed by atoms with Crippen LogP contribution in [-0.4, -0.2) is 47.5 Å². The third-order valence-electron chi connectivity index (χ3n) is 6.86. The van der Waals surface area contributed by atoms with E-state index < -0.39 is 0 Å². The summed E-state index contributed by atoms with van der Waals surface area (Å²) < 4.78 is 19.1. The molecule has 33 heavy (non-hydrogen) atoms. The Morgan fingerprint density at radius 1 is 0.939 bits per heavy atom. The van der Waals surface area contributed by atoms with Crippen molar-refractivity contribution in [2.45, 2.75) is 38.9 Å². The van der Waals surface area contributed by atoms with Crippen molar-refractivity contribution >= 4 is 5.91 Å². The van der Waals surface area contributed by atoms with Crippen molar-refractivity contribution in [2.24, 2.45) is 0 Å². The number of hydrogen-bond acceptors (Lipinski definition) is 3. The first-order valence-corrected chi connectivity index (χ1v) is 11.6. The van der Waals surface area contributed by atoms with Gasteiger partial charge in [-0.3, -0.25) is 9.69 Å². The summed E-state index contributed by atoms with van der Waals surface area (Å²) in [6, 6.07) is 21.5. The minimum absolute atomic E-state index is 0.0135. The molecule has 3 aromatic rings. The van der Waals surface area contributed by atoms with Crippen LogP contribution >= 0.6 is 0 Å². The zero-order valence-corrected chi connectivity index (χ0v) is 19.1. The number of ether oxygens (including phenoxy) is 1. The fourth-order valence-electron chi connectivity index (χ4n) is 5.03. The van der Waals surface area contributed by atoms with E-state index in [1.54, 1.807) is 0 Å². The first kappa shape index (κ1) is 21.7. The largest absolute Gasteiger partial charge is 0.484 e. The summed E-state index contributed by atoms with van der Waals surface area (Å²) in [5, 5.41) is 0. The molecule has 1 fully saturated rings. The lowest BCUT2D eigenvalue weighted by atomic mass is 10.1. The average molecular weight is 445 g/mol. The van der Waals surface area contributed by atoms with Gasteiger partial charge in [-0.05, 0) is 72.4 Å². The van der Waals surface area contributed by atoms with Gasteiger partial charge in [0.2, 0.25) is 0 Å². The number of fused-ring (bicyclic) bond motifs is 3. The molecule has 3 aromatic carbocycles. The van der Waals surface area contributed by atoms with Crippen molar-refractivity contribution in [2.75, 3.05) is 19.7 Å². The van der Waals surface area contributed by atoms with E-state index in [1.165, 1.54) is 34.4 Å². The summed E-state index contributed by atoms with van der Waals surface area (Å²) in [7, 11) is 0. The molecule has 0 N–H and O–H groups in total. The van der Waals surface area contributed by atoms with Gasteiger partial charge < -0.3 is 9.64 Å². The molecular formula is C28H29FN2O2. The van der Waals surface area contributed by atoms with E-state index >= 15 is 0 Å². The van der Waals surface area contributed by atoms with Crippen molar-refractivity contribution in [1.82, 2.24) is 9.80 Å². The van der Waals surface area contributed by atoms with Gasteiger partial charge in [0.05, 0.1) is 0 Å². The molecule has 5 rings (SSSR count). The first-order chi connectivity index (χ1) is 16.0. The molecule has 0 spiro atoms. The molecule has 0 unspecified atom stereocenters. The quantitative estimate of drug-likeness (QED) is 0.439. The lowest BCUT2D eigenvalue weighted by Crippen LogP contribution is -2.58. The average Bonchev–Trinajstić information content (AvgIpc) is 3.19. The van der Waals surface area contributed by atoms with Crippen molar-refractivity contribution in [3.63, 3.8) is 0 Å². The molecule has 1 heterocycles. The van der Waals surface area contributed by atoms with Gasteiger partial charge in [0.1, 0.15) is 11.6 Å². The highest BCUT2D eigenvalue weighted by atomic mass is 19.1. The summed E-state index contributed by atoms with van der Waals surface area (Å²) in [4.78, 5) is 17.3. The number of amides is 1. The van der Waals surface area contributed by atoms with Gasteiger partial charge in [-0.15, -0.1) is 0 Å². The molecule has 0 bridgehead atoms. The Balaban J connectivity index is 1.18. The van der Waals surface area contributed by atoms with E-state index in [0.717, 1.165) is 30.8 Å². The smallest absolute Gasteiger partial charge is 0.260 e. The molecule has 0 aromatic heterocycles. The lowest BCUT2D eigenvalue weighted by molar-refractivity contribution is -0.139. The van der Waals surface area contributed by atoms with E-state index in [2.05, 4.69) is 55.1 Å². The molecule has 2 atom stereocenters. The standard InChI is InChI=1S/C28H29FN2O2/c1-19-16-31(20(2)15-30(19)17-21-7-9-24(29)10-8-21)28(32)18-33-25-11-12-27-23(14-25)13-22-5-3-4-6-26(22)27/h3-12,14,19-20H,13,15-18H2,1-2H3/t19-,20+/m0/s1. The topological polar surface area (TPSA) is 32.8 Å². The number of hydrogen-bond donors (Lipinski definition) is 0. The van der Waals surface area contributed by atoms with E-state index in [4.69, 9.17) is 4.74 Å². The van der Waals surface area contributed by atoms with Crippen LogP contribution in [0, 0.1) is 5.82 Å². The highest BCUT2D eigenvalue weighted by Gasteiger charge is 2.32. The van der Waals surface area contributed by atoms with Crippen LogP contribution in [0.5, 0.6) is 5.75 Å². The predicted molar refractivity (Wildman–Crippen MR) is 128 cm³/mol.